The summed E-state index contributed by atoms with van der Waals surface area (Å²) in [6, 6.07) is 0. The van der Waals surface area contributed by atoms with E-state index in [-0.39, 0.29) is 0 Å². The number of rotatable bonds is 2. The largest absolute Gasteiger partial charge is 0.438 e. The SMILES string of the molecule is FP(F)C(F)(F)C(F)(C(F)(F)F)C(F)(F)F. The summed E-state index contributed by atoms with van der Waals surface area (Å²) >= 11 is 0. The van der Waals surface area contributed by atoms with E-state index in [1.165, 1.54) is 0 Å². The third kappa shape index (κ3) is 2.05. The lowest BCUT2D eigenvalue weighted by Crippen LogP contribution is -2.63. The Bertz CT molecular complexity index is 234. The van der Waals surface area contributed by atoms with E-state index in [0.717, 1.165) is 0 Å². The molecule has 0 atom stereocenters. The molecular weight excluding hydrogens is 288 g/mol. The molecule has 0 bridgehead atoms. The monoisotopic (exact) mass is 288 g/mol. The zero-order valence-electron chi connectivity index (χ0n) is 6.60. The second-order valence-electron chi connectivity index (χ2n) is 2.43. The molecular formula is C4F11P. The highest BCUT2D eigenvalue weighted by atomic mass is 31.2. The normalized spacial score (nSPS) is 15.8. The fourth-order valence-corrected chi connectivity index (χ4v) is 1.10. The van der Waals surface area contributed by atoms with Crippen molar-refractivity contribution in [2.24, 2.45) is 0 Å². The van der Waals surface area contributed by atoms with Crippen LogP contribution in [-0.4, -0.2) is 23.7 Å². The predicted molar refractivity (Wildman–Crippen MR) is 30.0 cm³/mol. The maximum atomic E-state index is 12.4. The Hall–Kier alpha value is -0.340. The van der Waals surface area contributed by atoms with Crippen molar-refractivity contribution in [1.29, 1.82) is 0 Å². The van der Waals surface area contributed by atoms with Crippen LogP contribution in [0.5, 0.6) is 0 Å². The van der Waals surface area contributed by atoms with E-state index in [0.29, 0.717) is 0 Å². The third-order valence-corrected chi connectivity index (χ3v) is 2.14. The maximum Gasteiger partial charge on any atom is 0.438 e. The molecule has 0 saturated carbocycles. The fraction of sp³-hybridized carbons (Fsp3) is 1.00. The molecule has 0 fully saturated rings. The minimum absolute atomic E-state index is 6.11. The molecule has 0 nitrogen and oxygen atoms in total. The Morgan fingerprint density at radius 3 is 0.875 bits per heavy atom. The first-order valence-corrected chi connectivity index (χ1v) is 4.14. The van der Waals surface area contributed by atoms with Crippen molar-refractivity contribution in [3.05, 3.63) is 0 Å². The van der Waals surface area contributed by atoms with E-state index in [4.69, 9.17) is 0 Å². The summed E-state index contributed by atoms with van der Waals surface area (Å²) < 4.78 is 129. The van der Waals surface area contributed by atoms with Crippen LogP contribution in [0.2, 0.25) is 0 Å². The van der Waals surface area contributed by atoms with Crippen LogP contribution in [0.1, 0.15) is 0 Å². The Labute approximate surface area is 81.4 Å². The Kier molecular flexibility index (Phi) is 3.77. The van der Waals surface area contributed by atoms with Gasteiger partial charge in [-0.1, -0.05) is 0 Å². The summed E-state index contributed by atoms with van der Waals surface area (Å²) in [4.78, 5) is 0. The molecule has 0 amide bonds. The molecule has 16 heavy (non-hydrogen) atoms. The van der Waals surface area contributed by atoms with E-state index in [1.807, 2.05) is 0 Å². The van der Waals surface area contributed by atoms with Gasteiger partial charge in [-0.25, -0.2) is 4.39 Å². The molecule has 0 aromatic carbocycles. The second kappa shape index (κ2) is 3.85. The van der Waals surface area contributed by atoms with Crippen LogP contribution >= 0.6 is 8.54 Å². The molecule has 0 N–H and O–H groups in total. The maximum absolute atomic E-state index is 12.4. The highest BCUT2D eigenvalue weighted by molar-refractivity contribution is 7.47. The smallest absolute Gasteiger partial charge is 0.216 e. The zero-order valence-corrected chi connectivity index (χ0v) is 7.50. The van der Waals surface area contributed by atoms with Crippen molar-refractivity contribution < 1.29 is 47.9 Å². The van der Waals surface area contributed by atoms with Gasteiger partial charge in [0.05, 0.1) is 0 Å². The van der Waals surface area contributed by atoms with E-state index in [2.05, 4.69) is 0 Å². The Balaban J connectivity index is 5.81. The molecule has 0 aliphatic carbocycles. The molecule has 0 aliphatic heterocycles. The van der Waals surface area contributed by atoms with Crippen LogP contribution in [0.3, 0.4) is 0 Å². The van der Waals surface area contributed by atoms with Gasteiger partial charge in [-0.3, -0.25) is 0 Å². The first kappa shape index (κ1) is 15.7. The van der Waals surface area contributed by atoms with Crippen molar-refractivity contribution in [2.45, 2.75) is 23.7 Å². The predicted octanol–water partition coefficient (Wildman–Crippen LogP) is 4.66. The Morgan fingerprint density at radius 2 is 0.812 bits per heavy atom. The highest BCUT2D eigenvalue weighted by Crippen LogP contribution is 2.68. The summed E-state index contributed by atoms with van der Waals surface area (Å²) in [6.07, 6.45) is -14.4. The molecule has 12 heteroatoms. The molecule has 0 aromatic heterocycles. The average molecular weight is 288 g/mol. The highest BCUT2D eigenvalue weighted by Gasteiger charge is 2.87. The van der Waals surface area contributed by atoms with Crippen molar-refractivity contribution in [3.8, 4) is 0 Å². The van der Waals surface area contributed by atoms with E-state index in [9.17, 15) is 47.9 Å². The van der Waals surface area contributed by atoms with Crippen molar-refractivity contribution in [2.75, 3.05) is 0 Å². The fourth-order valence-electron chi connectivity index (χ4n) is 0.618. The van der Waals surface area contributed by atoms with Gasteiger partial charge >= 0.3 is 32.2 Å². The minimum atomic E-state index is -7.26. The molecule has 0 aliphatic rings. The minimum Gasteiger partial charge on any atom is -0.216 e. The van der Waals surface area contributed by atoms with E-state index < -0.39 is 32.2 Å². The molecule has 0 aromatic rings. The van der Waals surface area contributed by atoms with Crippen LogP contribution in [-0.2, 0) is 0 Å². The van der Waals surface area contributed by atoms with Gasteiger partial charge in [-0.15, -0.1) is 0 Å². The van der Waals surface area contributed by atoms with Crippen LogP contribution in [0, 0.1) is 0 Å². The topological polar surface area (TPSA) is 0 Å². The van der Waals surface area contributed by atoms with Gasteiger partial charge in [0.2, 0.25) is 0 Å². The van der Waals surface area contributed by atoms with Gasteiger partial charge in [0.15, 0.2) is 0 Å². The van der Waals surface area contributed by atoms with Crippen LogP contribution in [0.25, 0.3) is 0 Å². The Morgan fingerprint density at radius 1 is 0.562 bits per heavy atom. The van der Waals surface area contributed by atoms with Crippen molar-refractivity contribution in [1.82, 2.24) is 0 Å². The lowest BCUT2D eigenvalue weighted by Gasteiger charge is -2.34. The summed E-state index contributed by atoms with van der Waals surface area (Å²) in [6.45, 7) is 0. The van der Waals surface area contributed by atoms with E-state index in [1.54, 1.807) is 0 Å². The van der Waals surface area contributed by atoms with Gasteiger partial charge in [0.25, 0.3) is 0 Å². The summed E-state index contributed by atoms with van der Waals surface area (Å²) in [7, 11) is -6.11. The number of hydrogen-bond donors (Lipinski definition) is 0. The van der Waals surface area contributed by atoms with E-state index >= 15 is 0 Å². The van der Waals surface area contributed by atoms with Crippen molar-refractivity contribution in [3.63, 3.8) is 0 Å². The van der Waals surface area contributed by atoms with Crippen LogP contribution < -0.4 is 0 Å². The summed E-state index contributed by atoms with van der Waals surface area (Å²) in [5.74, 6) is 0. The third-order valence-electron chi connectivity index (χ3n) is 1.41. The molecule has 0 radical (unpaired) electrons. The second-order valence-corrected chi connectivity index (χ2v) is 3.46. The van der Waals surface area contributed by atoms with Crippen LogP contribution in [0.15, 0.2) is 0 Å². The first-order chi connectivity index (χ1) is 6.69. The lowest BCUT2D eigenvalue weighted by molar-refractivity contribution is -0.380. The number of alkyl halides is 9. The van der Waals surface area contributed by atoms with Gasteiger partial charge in [-0.05, 0) is 0 Å². The quantitative estimate of drug-likeness (QED) is 0.512. The summed E-state index contributed by atoms with van der Waals surface area (Å²) in [5.41, 5.74) is -14.1. The lowest BCUT2D eigenvalue weighted by atomic mass is 10.1. The average Bonchev–Trinajstić information content (AvgIpc) is 1.97. The molecule has 0 rings (SSSR count). The summed E-state index contributed by atoms with van der Waals surface area (Å²) in [5, 5.41) is 0. The number of halogens is 11. The first-order valence-electron chi connectivity index (χ1n) is 3.01. The molecule has 0 saturated heterocycles. The molecule has 0 heterocycles. The molecule has 0 unspecified atom stereocenters. The molecule has 98 valence electrons. The zero-order chi connectivity index (χ0) is 13.6. The van der Waals surface area contributed by atoms with Crippen LogP contribution in [0.4, 0.5) is 47.9 Å². The standard InChI is InChI=1S/C4F11P/c5-1(2(6,7)8,3(9,10)11)4(12,13)16(14)15. The van der Waals surface area contributed by atoms with Gasteiger partial charge < -0.3 is 0 Å². The number of hydrogen-bond acceptors (Lipinski definition) is 0. The van der Waals surface area contributed by atoms with Gasteiger partial charge in [-0.2, -0.15) is 43.5 Å². The van der Waals surface area contributed by atoms with Gasteiger partial charge in [0, 0.05) is 0 Å². The van der Waals surface area contributed by atoms with Crippen molar-refractivity contribution >= 4 is 8.54 Å². The molecule has 0 spiro atoms. The van der Waals surface area contributed by atoms with Gasteiger partial charge in [0.1, 0.15) is 0 Å².